The first-order chi connectivity index (χ1) is 36.4. The van der Waals surface area contributed by atoms with Crippen molar-refractivity contribution in [1.29, 1.82) is 0 Å². The Morgan fingerprint density at radius 2 is 1.75 bits per heavy atom. The monoisotopic (exact) mass is 1040 g/mol. The van der Waals surface area contributed by atoms with Gasteiger partial charge in [-0.15, -0.1) is 0 Å². The van der Waals surface area contributed by atoms with E-state index < -0.39 is 62.7 Å². The minimum atomic E-state index is -1.42. The summed E-state index contributed by atoms with van der Waals surface area (Å²) in [7, 11) is 0. The molecule has 0 bridgehead atoms. The van der Waals surface area contributed by atoms with Crippen LogP contribution in [0.25, 0.3) is 0 Å². The summed E-state index contributed by atoms with van der Waals surface area (Å²) in [6, 6.07) is 8.93. The van der Waals surface area contributed by atoms with E-state index in [-0.39, 0.29) is 54.0 Å². The molecule has 18 atom stereocenters. The van der Waals surface area contributed by atoms with Gasteiger partial charge in [0.2, 0.25) is 0 Å². The molecule has 3 heterocycles. The summed E-state index contributed by atoms with van der Waals surface area (Å²) in [6.45, 7) is 9.50. The fourth-order valence-corrected chi connectivity index (χ4v) is 21.8. The summed E-state index contributed by atoms with van der Waals surface area (Å²) in [5.74, 6) is 8.59. The number of allylic oxidation sites excluding steroid dienone is 4. The summed E-state index contributed by atoms with van der Waals surface area (Å²) >= 11 is 0. The number of nitrogens with two attached hydrogens (primary N) is 1. The van der Waals surface area contributed by atoms with Crippen molar-refractivity contribution in [3.63, 3.8) is 0 Å². The molecular formula is C66H90N2O8. The highest BCUT2D eigenvalue weighted by Crippen LogP contribution is 2.84. The van der Waals surface area contributed by atoms with Crippen LogP contribution in [0.1, 0.15) is 167 Å². The molecule has 0 aromatic heterocycles. The number of rotatable bonds is 10. The van der Waals surface area contributed by atoms with E-state index in [2.05, 4.69) is 67.4 Å². The summed E-state index contributed by atoms with van der Waals surface area (Å²) in [6.07, 6.45) is 26.0. The second-order valence-corrected chi connectivity index (χ2v) is 28.8. The number of epoxide rings is 1. The van der Waals surface area contributed by atoms with Gasteiger partial charge in [0.15, 0.2) is 5.78 Å². The number of aliphatic hydroxyl groups excluding tert-OH is 3. The molecule has 6 saturated carbocycles. The van der Waals surface area contributed by atoms with Crippen LogP contribution < -0.4 is 11.1 Å². The predicted octanol–water partition coefficient (Wildman–Crippen LogP) is 9.11. The van der Waals surface area contributed by atoms with E-state index in [1.165, 1.54) is 55.2 Å². The van der Waals surface area contributed by atoms with Crippen LogP contribution >= 0.6 is 0 Å². The first-order valence-corrected chi connectivity index (χ1v) is 30.4. The van der Waals surface area contributed by atoms with Crippen LogP contribution in [-0.4, -0.2) is 92.8 Å². The molecule has 9 aliphatic carbocycles. The SMILES string of the molecule is C[C@@H]1CCO[C@]([C@H]2CC[C@@]3(O)C4=CC(=O)[C@@H]5C[C@@H](O)C[C@]67[C@@H]8C#CCc9ccccc9CC[C@H](C[C@]23C)[C@@H]4[C@]56CC(CCO)=C[C@H]7C[C@@]82CCC3(CCCC3)C2)([C@H]2O[C@@H]2[C@](C)(O)[C@](C)(CO)CCC2=CCNC(N)=C2)C1. The van der Waals surface area contributed by atoms with Crippen LogP contribution in [0.4, 0.5) is 0 Å². The van der Waals surface area contributed by atoms with Crippen molar-refractivity contribution < 1.29 is 39.8 Å². The Kier molecular flexibility index (Phi) is 12.4. The summed E-state index contributed by atoms with van der Waals surface area (Å²) in [5, 5.41) is 65.4. The van der Waals surface area contributed by atoms with Crippen molar-refractivity contribution in [2.75, 3.05) is 26.4 Å². The molecule has 0 amide bonds. The minimum absolute atomic E-state index is 0.0132. The van der Waals surface area contributed by atoms with E-state index in [9.17, 15) is 25.5 Å². The Morgan fingerprint density at radius 1 is 0.947 bits per heavy atom. The number of fused-ring (bicyclic) bond motifs is 4. The van der Waals surface area contributed by atoms with Crippen LogP contribution in [0, 0.1) is 85.8 Å². The zero-order chi connectivity index (χ0) is 52.9. The molecule has 412 valence electrons. The van der Waals surface area contributed by atoms with Crippen molar-refractivity contribution >= 4 is 5.78 Å². The number of carbonyl (C=O) groups is 1. The Labute approximate surface area is 453 Å². The van der Waals surface area contributed by atoms with Gasteiger partial charge in [0.25, 0.3) is 0 Å². The van der Waals surface area contributed by atoms with Gasteiger partial charge in [-0.1, -0.05) is 87.4 Å². The molecule has 8 fully saturated rings. The number of carbonyl (C=O) groups excluding carboxylic acids is 1. The van der Waals surface area contributed by atoms with Gasteiger partial charge in [0.05, 0.1) is 29.7 Å². The van der Waals surface area contributed by atoms with Crippen LogP contribution in [0.2, 0.25) is 0 Å². The molecule has 0 radical (unpaired) electrons. The Bertz CT molecular complexity index is 2710. The van der Waals surface area contributed by atoms with Crippen molar-refractivity contribution in [2.45, 2.75) is 204 Å². The molecule has 1 aromatic carbocycles. The van der Waals surface area contributed by atoms with Crippen molar-refractivity contribution in [1.82, 2.24) is 5.32 Å². The lowest BCUT2D eigenvalue weighted by atomic mass is 9.32. The molecular weight excluding hydrogens is 949 g/mol. The molecule has 10 heteroatoms. The fourth-order valence-electron chi connectivity index (χ4n) is 21.8. The number of aliphatic hydroxyl groups is 5. The number of hydrogen-bond acceptors (Lipinski definition) is 10. The van der Waals surface area contributed by atoms with Crippen LogP contribution in [-0.2, 0) is 27.1 Å². The third kappa shape index (κ3) is 7.25. The van der Waals surface area contributed by atoms with Gasteiger partial charge in [-0.2, -0.15) is 0 Å². The largest absolute Gasteiger partial charge is 0.396 e. The number of dihydropyridines is 1. The molecule has 10 nitrogen and oxygen atoms in total. The van der Waals surface area contributed by atoms with Gasteiger partial charge in [-0.05, 0) is 209 Å². The first-order valence-electron chi connectivity index (χ1n) is 30.4. The normalized spacial score (nSPS) is 46.1. The predicted molar refractivity (Wildman–Crippen MR) is 293 cm³/mol. The van der Waals surface area contributed by atoms with Gasteiger partial charge >= 0.3 is 0 Å². The summed E-state index contributed by atoms with van der Waals surface area (Å²) in [4.78, 5) is 16.0. The smallest absolute Gasteiger partial charge is 0.159 e. The third-order valence-corrected chi connectivity index (χ3v) is 25.3. The topological polar surface area (TPSA) is 178 Å². The van der Waals surface area contributed by atoms with Crippen molar-refractivity contribution in [2.24, 2.45) is 79.6 Å². The van der Waals surface area contributed by atoms with Gasteiger partial charge in [0, 0.05) is 54.3 Å². The minimum Gasteiger partial charge on any atom is -0.396 e. The second-order valence-electron chi connectivity index (χ2n) is 28.8. The van der Waals surface area contributed by atoms with Crippen LogP contribution in [0.5, 0.6) is 0 Å². The highest BCUT2D eigenvalue weighted by atomic mass is 16.6. The number of aryl methyl sites for hydroxylation is 1. The first kappa shape index (κ1) is 52.1. The lowest BCUT2D eigenvalue weighted by molar-refractivity contribution is -0.226. The number of nitrogens with one attached hydrogen (secondary N) is 1. The van der Waals surface area contributed by atoms with E-state index in [4.69, 9.17) is 15.2 Å². The zero-order valence-electron chi connectivity index (χ0n) is 46.3. The molecule has 3 aliphatic heterocycles. The standard InChI is InChI=1S/C66H90N2O8/c1-41-20-29-75-65(34-41,57-56(76-57)60(4,73)58(2,40-70)23-16-42-18-27-68-54(67)31-42)52-17-24-66(74)50-33-51(72)49-32-48(71)38-63-47-30-43(19-28-69)35-64(49,63)55(50)46(36-59(52,66)3)15-14-45-11-6-5-10-44(45)12-9-13-53(63)62(37-47)26-25-61(39-62)21-7-8-22-61/h5-6,10-11,18,30-31,33,41,46-49,52-53,55-57,68-71,73-74H,7-8,12,14-17,19-29,32,34-40,67H2,1-4H3/t41-,46-,47+,48-,49+,52+,53-,55+,56+,57+,58+,59-,60+,62-,63+,64+,65-,66-/m1/s1. The quantitative estimate of drug-likeness (QED) is 0.0680. The molecule has 4 spiro atoms. The average molecular weight is 1040 g/mol. The van der Waals surface area contributed by atoms with Gasteiger partial charge in [0.1, 0.15) is 17.8 Å². The molecule has 8 N–H and O–H groups in total. The molecule has 1 aromatic rings. The lowest BCUT2D eigenvalue weighted by Crippen LogP contribution is -2.71. The number of hydrogen-bond donors (Lipinski definition) is 7. The van der Waals surface area contributed by atoms with E-state index in [1.54, 1.807) is 0 Å². The van der Waals surface area contributed by atoms with Crippen LogP contribution in [0.15, 0.2) is 71.1 Å². The average Bonchev–Trinajstić information content (AvgIpc) is 3.93. The van der Waals surface area contributed by atoms with Gasteiger partial charge in [-0.25, -0.2) is 0 Å². The maximum Gasteiger partial charge on any atom is 0.159 e. The van der Waals surface area contributed by atoms with E-state index in [1.807, 2.05) is 26.0 Å². The number of benzene rings is 1. The van der Waals surface area contributed by atoms with Gasteiger partial charge in [-0.3, -0.25) is 4.79 Å². The maximum atomic E-state index is 16.0. The van der Waals surface area contributed by atoms with Crippen molar-refractivity contribution in [3.8, 4) is 11.8 Å². The number of ether oxygens (including phenoxy) is 2. The van der Waals surface area contributed by atoms with E-state index in [0.717, 1.165) is 56.1 Å². The Hall–Kier alpha value is -3.27. The summed E-state index contributed by atoms with van der Waals surface area (Å²) in [5.41, 5.74) is 6.00. The van der Waals surface area contributed by atoms with E-state index in [0.29, 0.717) is 88.1 Å². The Balaban J connectivity index is 0.951. The summed E-state index contributed by atoms with van der Waals surface area (Å²) < 4.78 is 14.3. The molecule has 76 heavy (non-hydrogen) atoms. The lowest BCUT2D eigenvalue weighted by Gasteiger charge is -2.71. The fraction of sp³-hybridized carbons (Fsp3) is 0.742. The molecule has 0 unspecified atom stereocenters. The molecule has 13 rings (SSSR count). The highest BCUT2D eigenvalue weighted by molar-refractivity contribution is 5.95. The third-order valence-electron chi connectivity index (χ3n) is 25.3. The Morgan fingerprint density at radius 3 is 2.51 bits per heavy atom. The highest BCUT2D eigenvalue weighted by Gasteiger charge is 2.82. The second kappa shape index (κ2) is 18.1. The van der Waals surface area contributed by atoms with E-state index >= 15 is 4.79 Å². The number of ketones is 1. The molecule has 12 aliphatic rings. The van der Waals surface area contributed by atoms with Gasteiger partial charge < -0.3 is 46.1 Å². The van der Waals surface area contributed by atoms with Crippen LogP contribution in [0.3, 0.4) is 0 Å². The molecule has 2 saturated heterocycles. The van der Waals surface area contributed by atoms with Crippen molar-refractivity contribution in [3.05, 3.63) is 82.2 Å². The maximum absolute atomic E-state index is 16.0. The zero-order valence-corrected chi connectivity index (χ0v) is 46.3.